The highest BCUT2D eigenvalue weighted by molar-refractivity contribution is 7.89. The van der Waals surface area contributed by atoms with Crippen LogP contribution >= 0.6 is 12.2 Å². The van der Waals surface area contributed by atoms with E-state index < -0.39 is 21.4 Å². The van der Waals surface area contributed by atoms with Crippen LogP contribution in [-0.2, 0) is 10.0 Å². The number of halogens is 1. The van der Waals surface area contributed by atoms with Crippen LogP contribution in [0.25, 0.3) is 0 Å². The summed E-state index contributed by atoms with van der Waals surface area (Å²) in [6, 6.07) is 3.78. The first-order valence-electron chi connectivity index (χ1n) is 6.13. The van der Waals surface area contributed by atoms with Gasteiger partial charge in [-0.15, -0.1) is 0 Å². The average molecular weight is 318 g/mol. The Bertz CT molecular complexity index is 627. The first-order chi connectivity index (χ1) is 9.05. The molecule has 0 spiro atoms. The molecule has 0 atom stereocenters. The SMILES string of the molecule is CCC(C)(C)N(C)S(=O)(=O)c1cccc(F)c1C(N)=S. The second kappa shape index (κ2) is 5.75. The van der Waals surface area contributed by atoms with E-state index in [0.29, 0.717) is 6.42 Å². The third-order valence-corrected chi connectivity index (χ3v) is 5.89. The van der Waals surface area contributed by atoms with Crippen LogP contribution in [0.4, 0.5) is 4.39 Å². The lowest BCUT2D eigenvalue weighted by molar-refractivity contribution is 0.257. The predicted molar refractivity (Wildman–Crippen MR) is 81.6 cm³/mol. The first kappa shape index (κ1) is 17.0. The largest absolute Gasteiger partial charge is 0.389 e. The van der Waals surface area contributed by atoms with E-state index in [9.17, 15) is 12.8 Å². The Labute approximate surface area is 124 Å². The molecule has 1 aromatic rings. The number of benzene rings is 1. The fourth-order valence-electron chi connectivity index (χ4n) is 1.65. The van der Waals surface area contributed by atoms with Gasteiger partial charge in [0.05, 0.1) is 10.5 Å². The monoisotopic (exact) mass is 318 g/mol. The molecule has 112 valence electrons. The van der Waals surface area contributed by atoms with E-state index in [0.717, 1.165) is 6.07 Å². The molecule has 0 radical (unpaired) electrons. The Morgan fingerprint density at radius 1 is 1.45 bits per heavy atom. The van der Waals surface area contributed by atoms with Gasteiger partial charge in [0.2, 0.25) is 10.0 Å². The summed E-state index contributed by atoms with van der Waals surface area (Å²) < 4.78 is 40.4. The van der Waals surface area contributed by atoms with E-state index in [1.54, 1.807) is 13.8 Å². The Balaban J connectivity index is 3.52. The van der Waals surface area contributed by atoms with Gasteiger partial charge in [-0.05, 0) is 32.4 Å². The standard InChI is InChI=1S/C13H19FN2O2S2/c1-5-13(2,3)16(4)20(17,18)10-8-6-7-9(14)11(10)12(15)19/h6-8H,5H2,1-4H3,(H2,15,19). The molecule has 1 aromatic carbocycles. The van der Waals surface area contributed by atoms with Crippen molar-refractivity contribution in [1.29, 1.82) is 0 Å². The fraction of sp³-hybridized carbons (Fsp3) is 0.462. The Hall–Kier alpha value is -1.05. The van der Waals surface area contributed by atoms with Crippen LogP contribution in [-0.4, -0.2) is 30.3 Å². The second-order valence-corrected chi connectivity index (χ2v) is 7.49. The molecule has 7 heteroatoms. The molecule has 0 aliphatic rings. The summed E-state index contributed by atoms with van der Waals surface area (Å²) >= 11 is 4.77. The smallest absolute Gasteiger partial charge is 0.244 e. The number of nitrogens with two attached hydrogens (primary N) is 1. The van der Waals surface area contributed by atoms with Crippen molar-refractivity contribution < 1.29 is 12.8 Å². The van der Waals surface area contributed by atoms with Crippen LogP contribution in [0.1, 0.15) is 32.8 Å². The molecule has 0 aromatic heterocycles. The van der Waals surface area contributed by atoms with Crippen molar-refractivity contribution in [3.63, 3.8) is 0 Å². The van der Waals surface area contributed by atoms with E-state index in [4.69, 9.17) is 18.0 Å². The van der Waals surface area contributed by atoms with Gasteiger partial charge >= 0.3 is 0 Å². The van der Waals surface area contributed by atoms with Crippen LogP contribution in [0.15, 0.2) is 23.1 Å². The van der Waals surface area contributed by atoms with Gasteiger partial charge in [0.1, 0.15) is 10.8 Å². The molecular weight excluding hydrogens is 299 g/mol. The maximum Gasteiger partial charge on any atom is 0.244 e. The fourth-order valence-corrected chi connectivity index (χ4v) is 3.72. The molecule has 20 heavy (non-hydrogen) atoms. The Morgan fingerprint density at radius 2 is 2.00 bits per heavy atom. The molecular formula is C13H19FN2O2S2. The van der Waals surface area contributed by atoms with Crippen molar-refractivity contribution in [2.24, 2.45) is 5.73 Å². The number of nitrogens with zero attached hydrogens (tertiary/aromatic N) is 1. The minimum Gasteiger partial charge on any atom is -0.389 e. The van der Waals surface area contributed by atoms with Gasteiger partial charge < -0.3 is 5.73 Å². The van der Waals surface area contributed by atoms with E-state index >= 15 is 0 Å². The average Bonchev–Trinajstić information content (AvgIpc) is 2.36. The van der Waals surface area contributed by atoms with Crippen molar-refractivity contribution in [1.82, 2.24) is 4.31 Å². The first-order valence-corrected chi connectivity index (χ1v) is 7.98. The summed E-state index contributed by atoms with van der Waals surface area (Å²) in [4.78, 5) is -0.474. The number of rotatable bonds is 5. The minimum absolute atomic E-state index is 0.200. The van der Waals surface area contributed by atoms with Crippen LogP contribution in [0.3, 0.4) is 0 Å². The van der Waals surface area contributed by atoms with Crippen LogP contribution < -0.4 is 5.73 Å². The molecule has 4 nitrogen and oxygen atoms in total. The maximum atomic E-state index is 13.8. The third kappa shape index (κ3) is 2.99. The van der Waals surface area contributed by atoms with Gasteiger partial charge in [-0.3, -0.25) is 0 Å². The number of sulfonamides is 1. The van der Waals surface area contributed by atoms with Crippen molar-refractivity contribution >= 4 is 27.2 Å². The number of hydrogen-bond donors (Lipinski definition) is 1. The number of hydrogen-bond acceptors (Lipinski definition) is 3. The van der Waals surface area contributed by atoms with Crippen LogP contribution in [0, 0.1) is 5.82 Å². The molecule has 0 aliphatic carbocycles. The molecule has 1 rings (SSSR count). The topological polar surface area (TPSA) is 63.4 Å². The van der Waals surface area contributed by atoms with Crippen LogP contribution in [0.5, 0.6) is 0 Å². The normalized spacial score (nSPS) is 12.7. The van der Waals surface area contributed by atoms with Gasteiger partial charge in [0.15, 0.2) is 0 Å². The summed E-state index contributed by atoms with van der Waals surface area (Å²) in [5.74, 6) is -0.735. The van der Waals surface area contributed by atoms with E-state index in [1.165, 1.54) is 23.5 Å². The quantitative estimate of drug-likeness (QED) is 0.846. The summed E-state index contributed by atoms with van der Waals surface area (Å²) in [6.45, 7) is 5.47. The van der Waals surface area contributed by atoms with Crippen molar-refractivity contribution in [3.8, 4) is 0 Å². The number of thiocarbonyl (C=S) groups is 1. The molecule has 0 bridgehead atoms. The molecule has 0 unspecified atom stereocenters. The van der Waals surface area contributed by atoms with Gasteiger partial charge in [-0.1, -0.05) is 25.2 Å². The lowest BCUT2D eigenvalue weighted by atomic mass is 10.0. The van der Waals surface area contributed by atoms with Crippen molar-refractivity contribution in [2.75, 3.05) is 7.05 Å². The highest BCUT2D eigenvalue weighted by Crippen LogP contribution is 2.28. The van der Waals surface area contributed by atoms with Gasteiger partial charge in [-0.2, -0.15) is 4.31 Å². The van der Waals surface area contributed by atoms with Gasteiger partial charge in [0.25, 0.3) is 0 Å². The van der Waals surface area contributed by atoms with Crippen LogP contribution in [0.2, 0.25) is 0 Å². The van der Waals surface area contributed by atoms with E-state index in [-0.39, 0.29) is 15.4 Å². The molecule has 0 heterocycles. The summed E-state index contributed by atoms with van der Waals surface area (Å²) in [7, 11) is -2.42. The predicted octanol–water partition coefficient (Wildman–Crippen LogP) is 2.27. The molecule has 0 aliphatic heterocycles. The zero-order chi connectivity index (χ0) is 15.7. The molecule has 2 N–H and O–H groups in total. The summed E-state index contributed by atoms with van der Waals surface area (Å²) in [6.07, 6.45) is 0.612. The van der Waals surface area contributed by atoms with Gasteiger partial charge in [0, 0.05) is 12.6 Å². The molecule has 0 amide bonds. The lowest BCUT2D eigenvalue weighted by Gasteiger charge is -2.34. The lowest BCUT2D eigenvalue weighted by Crippen LogP contribution is -2.44. The molecule has 0 fully saturated rings. The Kier molecular flexibility index (Phi) is 4.89. The maximum absolute atomic E-state index is 13.8. The zero-order valence-electron chi connectivity index (χ0n) is 12.0. The zero-order valence-corrected chi connectivity index (χ0v) is 13.6. The summed E-state index contributed by atoms with van der Waals surface area (Å²) in [5, 5.41) is 0. The summed E-state index contributed by atoms with van der Waals surface area (Å²) in [5.41, 5.74) is 4.63. The van der Waals surface area contributed by atoms with E-state index in [1.807, 2.05) is 6.92 Å². The Morgan fingerprint density at radius 3 is 2.45 bits per heavy atom. The highest BCUT2D eigenvalue weighted by Gasteiger charge is 2.35. The van der Waals surface area contributed by atoms with E-state index in [2.05, 4.69) is 0 Å². The second-order valence-electron chi connectivity index (χ2n) is 5.12. The third-order valence-electron chi connectivity index (χ3n) is 3.58. The molecule has 0 saturated carbocycles. The van der Waals surface area contributed by atoms with Gasteiger partial charge in [-0.25, -0.2) is 12.8 Å². The highest BCUT2D eigenvalue weighted by atomic mass is 32.2. The molecule has 0 saturated heterocycles. The van der Waals surface area contributed by atoms with Crippen molar-refractivity contribution in [3.05, 3.63) is 29.6 Å². The minimum atomic E-state index is -3.88. The van der Waals surface area contributed by atoms with Crippen molar-refractivity contribution in [2.45, 2.75) is 37.6 Å².